The summed E-state index contributed by atoms with van der Waals surface area (Å²) in [6.07, 6.45) is 4.13. The van der Waals surface area contributed by atoms with Crippen LogP contribution in [0, 0.1) is 0 Å². The number of carboxylic acids is 1. The number of para-hydroxylation sites is 1. The van der Waals surface area contributed by atoms with Gasteiger partial charge in [-0.2, -0.15) is 0 Å². The summed E-state index contributed by atoms with van der Waals surface area (Å²) in [6.45, 7) is 0. The first-order valence-corrected chi connectivity index (χ1v) is 8.01. The van der Waals surface area contributed by atoms with Gasteiger partial charge in [0.2, 0.25) is 0 Å². The molecule has 2 aromatic rings. The average molecular weight is 304 g/mol. The third kappa shape index (κ3) is 2.81. The summed E-state index contributed by atoms with van der Waals surface area (Å²) in [5.74, 6) is -0.988. The number of aliphatic carboxylic acids is 1. The van der Waals surface area contributed by atoms with Crippen molar-refractivity contribution >= 4 is 28.6 Å². The SMILES string of the molecule is O=C(O)CSc1nc2ccccc2c(=O)n1C1CCCC1. The first kappa shape index (κ1) is 14.1. The fourth-order valence-electron chi connectivity index (χ4n) is 2.84. The quantitative estimate of drug-likeness (QED) is 0.694. The van der Waals surface area contributed by atoms with Gasteiger partial charge in [0.15, 0.2) is 5.16 Å². The first-order chi connectivity index (χ1) is 10.2. The van der Waals surface area contributed by atoms with Gasteiger partial charge in [0.1, 0.15) is 0 Å². The maximum Gasteiger partial charge on any atom is 0.313 e. The largest absolute Gasteiger partial charge is 0.481 e. The van der Waals surface area contributed by atoms with Gasteiger partial charge in [0.05, 0.1) is 16.7 Å². The fourth-order valence-corrected chi connectivity index (χ4v) is 3.62. The number of benzene rings is 1. The molecule has 1 N–H and O–H groups in total. The molecular formula is C15H16N2O3S. The van der Waals surface area contributed by atoms with Crippen molar-refractivity contribution in [2.45, 2.75) is 36.9 Å². The van der Waals surface area contributed by atoms with E-state index < -0.39 is 5.97 Å². The van der Waals surface area contributed by atoms with Crippen molar-refractivity contribution in [2.75, 3.05) is 5.75 Å². The number of fused-ring (bicyclic) bond motifs is 1. The zero-order valence-corrected chi connectivity index (χ0v) is 12.3. The molecule has 5 nitrogen and oxygen atoms in total. The molecular weight excluding hydrogens is 288 g/mol. The van der Waals surface area contributed by atoms with Crippen molar-refractivity contribution in [1.29, 1.82) is 0 Å². The van der Waals surface area contributed by atoms with Crippen LogP contribution in [-0.4, -0.2) is 26.4 Å². The summed E-state index contributed by atoms with van der Waals surface area (Å²) in [5.41, 5.74) is 0.574. The third-order valence-corrected chi connectivity index (χ3v) is 4.73. The summed E-state index contributed by atoms with van der Waals surface area (Å²) >= 11 is 1.12. The molecule has 1 aliphatic carbocycles. The molecule has 0 spiro atoms. The average Bonchev–Trinajstić information content (AvgIpc) is 2.99. The Bertz CT molecular complexity index is 735. The van der Waals surface area contributed by atoms with Gasteiger partial charge in [-0.1, -0.05) is 36.7 Å². The lowest BCUT2D eigenvalue weighted by molar-refractivity contribution is -0.133. The first-order valence-electron chi connectivity index (χ1n) is 7.02. The lowest BCUT2D eigenvalue weighted by Crippen LogP contribution is -2.26. The summed E-state index contributed by atoms with van der Waals surface area (Å²) in [7, 11) is 0. The second kappa shape index (κ2) is 5.89. The maximum absolute atomic E-state index is 12.7. The van der Waals surface area contributed by atoms with E-state index in [9.17, 15) is 9.59 Å². The van der Waals surface area contributed by atoms with E-state index >= 15 is 0 Å². The van der Waals surface area contributed by atoms with E-state index in [2.05, 4.69) is 4.98 Å². The molecule has 1 fully saturated rings. The maximum atomic E-state index is 12.7. The molecule has 0 aliphatic heterocycles. The highest BCUT2D eigenvalue weighted by Gasteiger charge is 2.23. The van der Waals surface area contributed by atoms with Gasteiger partial charge in [-0.25, -0.2) is 4.98 Å². The molecule has 1 heterocycles. The Hall–Kier alpha value is -1.82. The Balaban J connectivity index is 2.14. The van der Waals surface area contributed by atoms with Gasteiger partial charge in [0.25, 0.3) is 5.56 Å². The molecule has 3 rings (SSSR count). The number of rotatable bonds is 4. The van der Waals surface area contributed by atoms with E-state index in [1.807, 2.05) is 12.1 Å². The summed E-state index contributed by atoms with van der Waals surface area (Å²) in [4.78, 5) is 28.1. The third-order valence-electron chi connectivity index (χ3n) is 3.79. The van der Waals surface area contributed by atoms with Crippen molar-refractivity contribution in [1.82, 2.24) is 9.55 Å². The smallest absolute Gasteiger partial charge is 0.313 e. The van der Waals surface area contributed by atoms with Crippen LogP contribution >= 0.6 is 11.8 Å². The summed E-state index contributed by atoms with van der Waals surface area (Å²) in [6, 6.07) is 7.38. The van der Waals surface area contributed by atoms with Crippen LogP contribution < -0.4 is 5.56 Å². The molecule has 1 saturated carbocycles. The van der Waals surface area contributed by atoms with Crippen LogP contribution in [0.25, 0.3) is 10.9 Å². The molecule has 0 unspecified atom stereocenters. The van der Waals surface area contributed by atoms with Crippen molar-refractivity contribution < 1.29 is 9.90 Å². The molecule has 21 heavy (non-hydrogen) atoms. The standard InChI is InChI=1S/C15H16N2O3S/c18-13(19)9-21-15-16-12-8-4-3-7-11(12)14(20)17(15)10-5-1-2-6-10/h3-4,7-8,10H,1-2,5-6,9H2,(H,18,19). The van der Waals surface area contributed by atoms with E-state index in [0.29, 0.717) is 16.1 Å². The molecule has 1 aromatic heterocycles. The summed E-state index contributed by atoms with van der Waals surface area (Å²) < 4.78 is 1.71. The number of hydrogen-bond acceptors (Lipinski definition) is 4. The van der Waals surface area contributed by atoms with E-state index in [1.165, 1.54) is 0 Å². The highest BCUT2D eigenvalue weighted by atomic mass is 32.2. The predicted molar refractivity (Wildman–Crippen MR) is 81.9 cm³/mol. The molecule has 0 radical (unpaired) electrons. The minimum absolute atomic E-state index is 0.0552. The number of carbonyl (C=O) groups is 1. The monoisotopic (exact) mass is 304 g/mol. The highest BCUT2D eigenvalue weighted by molar-refractivity contribution is 7.99. The highest BCUT2D eigenvalue weighted by Crippen LogP contribution is 2.32. The number of nitrogens with zero attached hydrogens (tertiary/aromatic N) is 2. The predicted octanol–water partition coefficient (Wildman–Crippen LogP) is 2.69. The van der Waals surface area contributed by atoms with Gasteiger partial charge >= 0.3 is 5.97 Å². The molecule has 1 aliphatic rings. The van der Waals surface area contributed by atoms with Crippen molar-refractivity contribution in [3.63, 3.8) is 0 Å². The Labute approximate surface area is 126 Å². The Morgan fingerprint density at radius 2 is 2.05 bits per heavy atom. The molecule has 1 aromatic carbocycles. The topological polar surface area (TPSA) is 72.2 Å². The minimum atomic E-state index is -0.902. The second-order valence-corrected chi connectivity index (χ2v) is 6.15. The van der Waals surface area contributed by atoms with Gasteiger partial charge < -0.3 is 5.11 Å². The van der Waals surface area contributed by atoms with Crippen LogP contribution in [0.4, 0.5) is 0 Å². The van der Waals surface area contributed by atoms with Crippen molar-refractivity contribution in [2.24, 2.45) is 0 Å². The van der Waals surface area contributed by atoms with Crippen LogP contribution in [0.5, 0.6) is 0 Å². The number of hydrogen-bond donors (Lipinski definition) is 1. The van der Waals surface area contributed by atoms with Gasteiger partial charge in [-0.3, -0.25) is 14.2 Å². The van der Waals surface area contributed by atoms with Crippen molar-refractivity contribution in [3.8, 4) is 0 Å². The second-order valence-electron chi connectivity index (χ2n) is 5.21. The Kier molecular flexibility index (Phi) is 3.96. The van der Waals surface area contributed by atoms with Crippen molar-refractivity contribution in [3.05, 3.63) is 34.6 Å². The van der Waals surface area contributed by atoms with E-state index in [4.69, 9.17) is 5.11 Å². The van der Waals surface area contributed by atoms with Gasteiger partial charge in [0, 0.05) is 6.04 Å². The van der Waals surface area contributed by atoms with Gasteiger partial charge in [-0.15, -0.1) is 0 Å². The van der Waals surface area contributed by atoms with Gasteiger partial charge in [-0.05, 0) is 25.0 Å². The number of aromatic nitrogens is 2. The van der Waals surface area contributed by atoms with Crippen LogP contribution in [0.3, 0.4) is 0 Å². The zero-order chi connectivity index (χ0) is 14.8. The van der Waals surface area contributed by atoms with Crippen LogP contribution in [0.1, 0.15) is 31.7 Å². The van der Waals surface area contributed by atoms with Crippen LogP contribution in [0.2, 0.25) is 0 Å². The Morgan fingerprint density at radius 1 is 1.33 bits per heavy atom. The van der Waals surface area contributed by atoms with E-state index in [-0.39, 0.29) is 17.4 Å². The molecule has 110 valence electrons. The van der Waals surface area contributed by atoms with E-state index in [0.717, 1.165) is 37.4 Å². The van der Waals surface area contributed by atoms with Crippen LogP contribution in [0.15, 0.2) is 34.2 Å². The molecule has 6 heteroatoms. The molecule has 0 bridgehead atoms. The number of thioether (sulfide) groups is 1. The molecule has 0 saturated heterocycles. The van der Waals surface area contributed by atoms with Crippen LogP contribution in [-0.2, 0) is 4.79 Å². The number of carboxylic acid groups (broad SMARTS) is 1. The lowest BCUT2D eigenvalue weighted by Gasteiger charge is -2.18. The zero-order valence-electron chi connectivity index (χ0n) is 11.5. The minimum Gasteiger partial charge on any atom is -0.481 e. The molecule has 0 atom stereocenters. The fraction of sp³-hybridized carbons (Fsp3) is 0.400. The normalized spacial score (nSPS) is 15.6. The molecule has 0 amide bonds. The Morgan fingerprint density at radius 3 is 2.76 bits per heavy atom. The summed E-state index contributed by atoms with van der Waals surface area (Å²) in [5, 5.41) is 10.00. The van der Waals surface area contributed by atoms with E-state index in [1.54, 1.807) is 16.7 Å². The lowest BCUT2D eigenvalue weighted by atomic mass is 10.2.